The molecular formula is C12H17+. The summed E-state index contributed by atoms with van der Waals surface area (Å²) in [5, 5.41) is 0. The van der Waals surface area contributed by atoms with Crippen LogP contribution in [0.3, 0.4) is 0 Å². The van der Waals surface area contributed by atoms with Crippen molar-refractivity contribution in [2.24, 2.45) is 0 Å². The van der Waals surface area contributed by atoms with Gasteiger partial charge in [0.1, 0.15) is 5.41 Å². The zero-order valence-corrected chi connectivity index (χ0v) is 8.17. The zero-order valence-electron chi connectivity index (χ0n) is 8.17. The molecule has 12 heavy (non-hydrogen) atoms. The summed E-state index contributed by atoms with van der Waals surface area (Å²) in [6.07, 6.45) is 3.44. The highest BCUT2D eigenvalue weighted by Crippen LogP contribution is 2.29. The molecule has 0 radical (unpaired) electrons. The van der Waals surface area contributed by atoms with Crippen LogP contribution in [0.5, 0.6) is 0 Å². The largest absolute Gasteiger partial charge is 0.129 e. The van der Waals surface area contributed by atoms with Crippen molar-refractivity contribution in [1.82, 2.24) is 0 Å². The first-order valence-corrected chi connectivity index (χ1v) is 4.59. The molecule has 1 atom stereocenters. The van der Waals surface area contributed by atoms with Crippen LogP contribution in [-0.4, -0.2) is 0 Å². The molecule has 0 heterocycles. The van der Waals surface area contributed by atoms with Gasteiger partial charge in [-0.05, 0) is 13.3 Å². The minimum atomic E-state index is 0.251. The summed E-state index contributed by atoms with van der Waals surface area (Å²) in [6.45, 7) is 6.64. The molecule has 64 valence electrons. The van der Waals surface area contributed by atoms with E-state index in [9.17, 15) is 0 Å². The fraction of sp³-hybridized carbons (Fsp3) is 0.417. The molecule has 0 bridgehead atoms. The Hall–Kier alpha value is -0.910. The van der Waals surface area contributed by atoms with Crippen LogP contribution in [0.15, 0.2) is 30.3 Å². The molecule has 1 rings (SSSR count). The van der Waals surface area contributed by atoms with Crippen LogP contribution in [0.25, 0.3) is 0 Å². The van der Waals surface area contributed by atoms with Crippen LogP contribution in [0, 0.1) is 6.42 Å². The molecule has 0 fully saturated rings. The highest BCUT2D eigenvalue weighted by molar-refractivity contribution is 5.27. The van der Waals surface area contributed by atoms with Gasteiger partial charge in [-0.3, -0.25) is 0 Å². The lowest BCUT2D eigenvalue weighted by Crippen LogP contribution is -2.19. The maximum atomic E-state index is 2.28. The molecule has 0 aromatic heterocycles. The molecule has 0 saturated carbocycles. The minimum absolute atomic E-state index is 0.251. The van der Waals surface area contributed by atoms with Gasteiger partial charge in [0.2, 0.25) is 0 Å². The Bertz CT molecular complexity index is 219. The second-order valence-electron chi connectivity index (χ2n) is 3.43. The van der Waals surface area contributed by atoms with Crippen molar-refractivity contribution in [3.63, 3.8) is 0 Å². The van der Waals surface area contributed by atoms with Gasteiger partial charge in [-0.1, -0.05) is 37.3 Å². The fourth-order valence-electron chi connectivity index (χ4n) is 1.39. The second-order valence-corrected chi connectivity index (χ2v) is 3.43. The maximum absolute atomic E-state index is 2.28. The van der Waals surface area contributed by atoms with E-state index in [4.69, 9.17) is 0 Å². The zero-order chi connectivity index (χ0) is 9.03. The van der Waals surface area contributed by atoms with Crippen molar-refractivity contribution in [2.75, 3.05) is 0 Å². The first-order chi connectivity index (χ1) is 5.73. The Morgan fingerprint density at radius 3 is 2.25 bits per heavy atom. The molecule has 0 aliphatic heterocycles. The average Bonchev–Trinajstić information content (AvgIpc) is 2.18. The molecule has 1 unspecified atom stereocenters. The summed E-state index contributed by atoms with van der Waals surface area (Å²) in [7, 11) is 0. The summed E-state index contributed by atoms with van der Waals surface area (Å²) in [5.74, 6) is 0. The molecule has 0 nitrogen and oxygen atoms in total. The van der Waals surface area contributed by atoms with E-state index in [2.05, 4.69) is 57.5 Å². The number of benzene rings is 1. The summed E-state index contributed by atoms with van der Waals surface area (Å²) in [5.41, 5.74) is 1.66. The smallest absolute Gasteiger partial charge is 0.0622 e. The van der Waals surface area contributed by atoms with Crippen molar-refractivity contribution in [3.05, 3.63) is 42.3 Å². The minimum Gasteiger partial charge on any atom is -0.0622 e. The van der Waals surface area contributed by atoms with Gasteiger partial charge in [-0.15, -0.1) is 0 Å². The SMILES string of the molecule is C[CH+]C(C)(CC)c1ccccc1. The summed E-state index contributed by atoms with van der Waals surface area (Å²) in [4.78, 5) is 0. The Morgan fingerprint density at radius 2 is 1.83 bits per heavy atom. The van der Waals surface area contributed by atoms with Crippen LogP contribution in [0.2, 0.25) is 0 Å². The first-order valence-electron chi connectivity index (χ1n) is 4.59. The van der Waals surface area contributed by atoms with E-state index < -0.39 is 0 Å². The van der Waals surface area contributed by atoms with E-state index in [1.165, 1.54) is 5.56 Å². The summed E-state index contributed by atoms with van der Waals surface area (Å²) in [6, 6.07) is 10.7. The van der Waals surface area contributed by atoms with Crippen LogP contribution in [0.1, 0.15) is 32.8 Å². The number of rotatable bonds is 3. The summed E-state index contributed by atoms with van der Waals surface area (Å²) >= 11 is 0. The van der Waals surface area contributed by atoms with Crippen LogP contribution in [0.4, 0.5) is 0 Å². The van der Waals surface area contributed by atoms with Crippen molar-refractivity contribution < 1.29 is 0 Å². The number of hydrogen-bond acceptors (Lipinski definition) is 0. The number of hydrogen-bond donors (Lipinski definition) is 0. The molecule has 0 heteroatoms. The highest BCUT2D eigenvalue weighted by atomic mass is 14.2. The average molecular weight is 161 g/mol. The Morgan fingerprint density at radius 1 is 1.25 bits per heavy atom. The Kier molecular flexibility index (Phi) is 2.80. The van der Waals surface area contributed by atoms with Gasteiger partial charge >= 0.3 is 0 Å². The Labute approximate surface area is 75.6 Å². The van der Waals surface area contributed by atoms with Gasteiger partial charge in [0.15, 0.2) is 0 Å². The van der Waals surface area contributed by atoms with E-state index in [-0.39, 0.29) is 5.41 Å². The molecule has 0 N–H and O–H groups in total. The van der Waals surface area contributed by atoms with Gasteiger partial charge in [-0.2, -0.15) is 0 Å². The van der Waals surface area contributed by atoms with E-state index in [0.29, 0.717) is 0 Å². The van der Waals surface area contributed by atoms with Crippen molar-refractivity contribution in [2.45, 2.75) is 32.6 Å². The quantitative estimate of drug-likeness (QED) is 0.594. The van der Waals surface area contributed by atoms with E-state index in [1.54, 1.807) is 0 Å². The molecule has 0 aliphatic carbocycles. The molecule has 0 aliphatic rings. The van der Waals surface area contributed by atoms with Crippen LogP contribution in [-0.2, 0) is 5.41 Å². The predicted octanol–water partition coefficient (Wildman–Crippen LogP) is 3.58. The predicted molar refractivity (Wildman–Crippen MR) is 54.1 cm³/mol. The van der Waals surface area contributed by atoms with Gasteiger partial charge in [0.05, 0.1) is 13.3 Å². The topological polar surface area (TPSA) is 0 Å². The third-order valence-electron chi connectivity index (χ3n) is 2.80. The lowest BCUT2D eigenvalue weighted by molar-refractivity contribution is 0.530. The van der Waals surface area contributed by atoms with Gasteiger partial charge < -0.3 is 0 Å². The monoisotopic (exact) mass is 161 g/mol. The molecule has 1 aromatic carbocycles. The highest BCUT2D eigenvalue weighted by Gasteiger charge is 2.29. The molecule has 0 spiro atoms. The molecular weight excluding hydrogens is 144 g/mol. The van der Waals surface area contributed by atoms with Gasteiger partial charge in [0.25, 0.3) is 0 Å². The van der Waals surface area contributed by atoms with E-state index in [0.717, 1.165) is 6.42 Å². The lowest BCUT2D eigenvalue weighted by atomic mass is 9.78. The van der Waals surface area contributed by atoms with Crippen LogP contribution < -0.4 is 0 Å². The lowest BCUT2D eigenvalue weighted by Gasteiger charge is -2.18. The normalized spacial score (nSPS) is 15.2. The Balaban J connectivity index is 2.95. The van der Waals surface area contributed by atoms with Crippen molar-refractivity contribution in [1.29, 1.82) is 0 Å². The summed E-state index contributed by atoms with van der Waals surface area (Å²) < 4.78 is 0. The molecule has 0 amide bonds. The first kappa shape index (κ1) is 9.18. The van der Waals surface area contributed by atoms with Gasteiger partial charge in [0, 0.05) is 5.56 Å². The third-order valence-corrected chi connectivity index (χ3v) is 2.80. The van der Waals surface area contributed by atoms with Crippen LogP contribution >= 0.6 is 0 Å². The maximum Gasteiger partial charge on any atom is 0.129 e. The third kappa shape index (κ3) is 1.63. The molecule has 0 saturated heterocycles. The standard InChI is InChI=1S/C12H17/c1-4-12(3,5-2)11-9-7-6-8-10-11/h4,6-10H,5H2,1-3H3/q+1. The van der Waals surface area contributed by atoms with E-state index in [1.807, 2.05) is 0 Å². The second kappa shape index (κ2) is 3.66. The molecule has 1 aromatic rings. The van der Waals surface area contributed by atoms with E-state index >= 15 is 0 Å². The van der Waals surface area contributed by atoms with Crippen molar-refractivity contribution in [3.8, 4) is 0 Å². The van der Waals surface area contributed by atoms with Gasteiger partial charge in [-0.25, -0.2) is 0 Å². The van der Waals surface area contributed by atoms with Crippen molar-refractivity contribution >= 4 is 0 Å². The fourth-order valence-corrected chi connectivity index (χ4v) is 1.39.